The second-order valence-electron chi connectivity index (χ2n) is 7.29. The molecule has 5 nitrogen and oxygen atoms in total. The summed E-state index contributed by atoms with van der Waals surface area (Å²) >= 11 is 0. The summed E-state index contributed by atoms with van der Waals surface area (Å²) in [6.07, 6.45) is 9.84. The number of nitrogens with one attached hydrogen (secondary N) is 1. The maximum atomic E-state index is 11.7. The third kappa shape index (κ3) is 2.28. The summed E-state index contributed by atoms with van der Waals surface area (Å²) in [6.45, 7) is 1.64. The van der Waals surface area contributed by atoms with Crippen molar-refractivity contribution in [1.29, 1.82) is 0 Å². The highest BCUT2D eigenvalue weighted by molar-refractivity contribution is 7.92. The van der Waals surface area contributed by atoms with Crippen molar-refractivity contribution in [3.05, 3.63) is 12.3 Å². The molecule has 116 valence electrons. The van der Waals surface area contributed by atoms with Gasteiger partial charge in [-0.25, -0.2) is 8.42 Å². The number of hydrogen-bond acceptors (Lipinski definition) is 3. The predicted molar refractivity (Wildman–Crippen MR) is 81.5 cm³/mol. The number of sulfonamides is 1. The van der Waals surface area contributed by atoms with Crippen LogP contribution in [0, 0.1) is 17.8 Å². The van der Waals surface area contributed by atoms with Gasteiger partial charge in [0, 0.05) is 12.3 Å². The SMILES string of the molecule is CCS(=O)(=O)Nc1ccn(C23CC4CC(CC(C4)C2)C3)n1. The molecular formula is C15H23N3O2S. The smallest absolute Gasteiger partial charge is 0.233 e. The number of hydrogen-bond donors (Lipinski definition) is 1. The first kappa shape index (κ1) is 13.6. The molecule has 0 unspecified atom stereocenters. The standard InChI is InChI=1S/C15H23N3O2S/c1-2-21(19,20)17-14-3-4-18(16-14)15-8-11-5-12(9-15)7-13(6-11)10-15/h3-4,11-13H,2,5-10H2,1H3,(H,16,17). The second-order valence-corrected chi connectivity index (χ2v) is 9.30. The molecule has 0 radical (unpaired) electrons. The quantitative estimate of drug-likeness (QED) is 0.929. The number of nitrogens with zero attached hydrogens (tertiary/aromatic N) is 2. The van der Waals surface area contributed by atoms with Gasteiger partial charge in [-0.1, -0.05) is 0 Å². The van der Waals surface area contributed by atoms with E-state index >= 15 is 0 Å². The number of anilines is 1. The first-order valence-electron chi connectivity index (χ1n) is 8.05. The molecule has 4 saturated carbocycles. The summed E-state index contributed by atoms with van der Waals surface area (Å²) in [4.78, 5) is 0. The van der Waals surface area contributed by atoms with E-state index in [9.17, 15) is 8.42 Å². The second kappa shape index (κ2) is 4.48. The molecule has 0 amide bonds. The Balaban J connectivity index is 1.61. The Labute approximate surface area is 126 Å². The minimum Gasteiger partial charge on any atom is -0.266 e. The minimum atomic E-state index is -3.24. The lowest BCUT2D eigenvalue weighted by molar-refractivity contribution is -0.0492. The first-order valence-corrected chi connectivity index (χ1v) is 9.70. The van der Waals surface area contributed by atoms with Gasteiger partial charge in [-0.2, -0.15) is 5.10 Å². The molecule has 1 N–H and O–H groups in total. The Morgan fingerprint density at radius 2 is 1.81 bits per heavy atom. The maximum Gasteiger partial charge on any atom is 0.233 e. The third-order valence-electron chi connectivity index (χ3n) is 5.72. The topological polar surface area (TPSA) is 64.0 Å². The van der Waals surface area contributed by atoms with Crippen LogP contribution in [-0.4, -0.2) is 24.0 Å². The Bertz CT molecular complexity index is 614. The monoisotopic (exact) mass is 309 g/mol. The van der Waals surface area contributed by atoms with Crippen LogP contribution in [0.15, 0.2) is 12.3 Å². The van der Waals surface area contributed by atoms with E-state index in [4.69, 9.17) is 0 Å². The van der Waals surface area contributed by atoms with E-state index in [0.29, 0.717) is 5.82 Å². The van der Waals surface area contributed by atoms with E-state index in [0.717, 1.165) is 17.8 Å². The van der Waals surface area contributed by atoms with Gasteiger partial charge in [0.1, 0.15) is 0 Å². The average Bonchev–Trinajstić information content (AvgIpc) is 2.85. The molecule has 0 saturated heterocycles. The summed E-state index contributed by atoms with van der Waals surface area (Å²) in [6, 6.07) is 1.80. The van der Waals surface area contributed by atoms with Crippen LogP contribution in [0.4, 0.5) is 5.82 Å². The summed E-state index contributed by atoms with van der Waals surface area (Å²) in [7, 11) is -3.24. The van der Waals surface area contributed by atoms with E-state index in [1.165, 1.54) is 38.5 Å². The Morgan fingerprint density at radius 3 is 2.33 bits per heavy atom. The van der Waals surface area contributed by atoms with Crippen LogP contribution in [0.2, 0.25) is 0 Å². The van der Waals surface area contributed by atoms with Gasteiger partial charge in [0.2, 0.25) is 10.0 Å². The molecule has 4 bridgehead atoms. The zero-order valence-electron chi connectivity index (χ0n) is 12.5. The van der Waals surface area contributed by atoms with Gasteiger partial charge in [0.25, 0.3) is 0 Å². The van der Waals surface area contributed by atoms with Crippen LogP contribution in [0.5, 0.6) is 0 Å². The van der Waals surface area contributed by atoms with E-state index in [1.807, 2.05) is 6.20 Å². The van der Waals surface area contributed by atoms with Crippen LogP contribution >= 0.6 is 0 Å². The van der Waals surface area contributed by atoms with Crippen molar-refractivity contribution in [2.45, 2.75) is 51.0 Å². The molecule has 1 aromatic rings. The van der Waals surface area contributed by atoms with Gasteiger partial charge < -0.3 is 0 Å². The summed E-state index contributed by atoms with van der Waals surface area (Å²) in [5.41, 5.74) is 0.157. The fraction of sp³-hybridized carbons (Fsp3) is 0.800. The lowest BCUT2D eigenvalue weighted by Gasteiger charge is -2.56. The van der Waals surface area contributed by atoms with Crippen molar-refractivity contribution in [3.63, 3.8) is 0 Å². The van der Waals surface area contributed by atoms with Gasteiger partial charge in [-0.3, -0.25) is 9.40 Å². The van der Waals surface area contributed by atoms with Gasteiger partial charge in [0.15, 0.2) is 5.82 Å². The lowest BCUT2D eigenvalue weighted by atomic mass is 9.53. The number of aromatic nitrogens is 2. The molecule has 21 heavy (non-hydrogen) atoms. The molecule has 5 rings (SSSR count). The third-order valence-corrected chi connectivity index (χ3v) is 7.00. The van der Waals surface area contributed by atoms with Crippen LogP contribution in [0.25, 0.3) is 0 Å². The highest BCUT2D eigenvalue weighted by Crippen LogP contribution is 2.58. The van der Waals surface area contributed by atoms with Crippen molar-refractivity contribution in [2.75, 3.05) is 10.5 Å². The molecule has 0 aromatic carbocycles. The summed E-state index contributed by atoms with van der Waals surface area (Å²) in [5, 5.41) is 4.56. The highest BCUT2D eigenvalue weighted by atomic mass is 32.2. The van der Waals surface area contributed by atoms with Crippen LogP contribution in [0.1, 0.15) is 45.4 Å². The summed E-state index contributed by atoms with van der Waals surface area (Å²) in [5.74, 6) is 3.12. The minimum absolute atomic E-state index is 0.0806. The van der Waals surface area contributed by atoms with Crippen molar-refractivity contribution in [3.8, 4) is 0 Å². The van der Waals surface area contributed by atoms with Crippen LogP contribution in [-0.2, 0) is 15.6 Å². The highest BCUT2D eigenvalue weighted by Gasteiger charge is 2.52. The Hall–Kier alpha value is -1.04. The van der Waals surface area contributed by atoms with Crippen LogP contribution in [0.3, 0.4) is 0 Å². The molecule has 1 aromatic heterocycles. The van der Waals surface area contributed by atoms with Crippen molar-refractivity contribution in [2.24, 2.45) is 17.8 Å². The fourth-order valence-corrected chi connectivity index (χ4v) is 5.79. The molecule has 0 atom stereocenters. The van der Waals surface area contributed by atoms with E-state index in [-0.39, 0.29) is 11.3 Å². The maximum absolute atomic E-state index is 11.7. The molecule has 0 aliphatic heterocycles. The average molecular weight is 309 g/mol. The largest absolute Gasteiger partial charge is 0.266 e. The van der Waals surface area contributed by atoms with Crippen LogP contribution < -0.4 is 4.72 Å². The molecule has 4 aliphatic carbocycles. The lowest BCUT2D eigenvalue weighted by Crippen LogP contribution is -2.52. The van der Waals surface area contributed by atoms with Gasteiger partial charge in [-0.05, 0) is 63.2 Å². The Morgan fingerprint density at radius 1 is 1.24 bits per heavy atom. The predicted octanol–water partition coefficient (Wildman–Crippen LogP) is 2.57. The van der Waals surface area contributed by atoms with Gasteiger partial charge >= 0.3 is 0 Å². The van der Waals surface area contributed by atoms with Gasteiger partial charge in [0.05, 0.1) is 11.3 Å². The molecule has 0 spiro atoms. The Kier molecular flexibility index (Phi) is 2.90. The summed E-state index contributed by atoms with van der Waals surface area (Å²) < 4.78 is 28.0. The van der Waals surface area contributed by atoms with E-state index in [2.05, 4.69) is 14.5 Å². The van der Waals surface area contributed by atoms with Crippen molar-refractivity contribution >= 4 is 15.8 Å². The fourth-order valence-electron chi connectivity index (χ4n) is 5.22. The van der Waals surface area contributed by atoms with E-state index < -0.39 is 10.0 Å². The molecular weight excluding hydrogens is 286 g/mol. The van der Waals surface area contributed by atoms with E-state index in [1.54, 1.807) is 13.0 Å². The zero-order valence-corrected chi connectivity index (χ0v) is 13.3. The van der Waals surface area contributed by atoms with Gasteiger partial charge in [-0.15, -0.1) is 0 Å². The normalized spacial score (nSPS) is 37.9. The molecule has 1 heterocycles. The zero-order chi connectivity index (χ0) is 14.7. The molecule has 4 fully saturated rings. The van der Waals surface area contributed by atoms with Crippen molar-refractivity contribution in [1.82, 2.24) is 9.78 Å². The molecule has 4 aliphatic rings. The van der Waals surface area contributed by atoms with Crippen molar-refractivity contribution < 1.29 is 8.42 Å². The molecule has 6 heteroatoms. The first-order chi connectivity index (χ1) is 9.98. The number of rotatable bonds is 4.